The molecule has 0 spiro atoms. The van der Waals surface area contributed by atoms with Crippen molar-refractivity contribution in [1.82, 2.24) is 9.88 Å². The highest BCUT2D eigenvalue weighted by atomic mass is 15.3. The van der Waals surface area contributed by atoms with Gasteiger partial charge in [0.05, 0.1) is 6.04 Å². The van der Waals surface area contributed by atoms with Crippen molar-refractivity contribution in [2.45, 2.75) is 26.3 Å². The number of hydrogen-bond donors (Lipinski definition) is 0. The maximum atomic E-state index is 4.60. The van der Waals surface area contributed by atoms with Gasteiger partial charge in [-0.15, -0.1) is 6.58 Å². The lowest BCUT2D eigenvalue weighted by Gasteiger charge is -2.41. The summed E-state index contributed by atoms with van der Waals surface area (Å²) in [5.41, 5.74) is 2.84. The first kappa shape index (κ1) is 14.8. The molecule has 20 heavy (non-hydrogen) atoms. The number of likely N-dealkylation sites (N-methyl/N-ethyl adjacent to an activating group) is 1. The molecule has 3 heterocycles. The summed E-state index contributed by atoms with van der Waals surface area (Å²) in [6.07, 6.45) is 7.05. The van der Waals surface area contributed by atoms with Crippen LogP contribution in [0.3, 0.4) is 0 Å². The van der Waals surface area contributed by atoms with Crippen LogP contribution in [0.1, 0.15) is 19.4 Å². The highest BCUT2D eigenvalue weighted by molar-refractivity contribution is 5.53. The number of aromatic nitrogens is 1. The summed E-state index contributed by atoms with van der Waals surface area (Å²) < 4.78 is 0. The molecular weight excluding hydrogens is 246 g/mol. The Kier molecular flexibility index (Phi) is 4.96. The van der Waals surface area contributed by atoms with Gasteiger partial charge in [0.2, 0.25) is 0 Å². The van der Waals surface area contributed by atoms with Gasteiger partial charge in [-0.3, -0.25) is 0 Å². The van der Waals surface area contributed by atoms with E-state index in [0.717, 1.165) is 26.1 Å². The summed E-state index contributed by atoms with van der Waals surface area (Å²) in [5, 5.41) is 0. The maximum absolute atomic E-state index is 4.60. The van der Waals surface area contributed by atoms with E-state index in [2.05, 4.69) is 47.5 Å². The van der Waals surface area contributed by atoms with Gasteiger partial charge in [-0.25, -0.2) is 4.98 Å². The van der Waals surface area contributed by atoms with Crippen LogP contribution in [-0.2, 0) is 6.42 Å². The lowest BCUT2D eigenvalue weighted by atomic mass is 10.0. The molecule has 1 aromatic rings. The Hall–Kier alpha value is -1.61. The topological polar surface area (TPSA) is 19.4 Å². The molecular formula is C17H25N3. The molecule has 0 radical (unpaired) electrons. The fourth-order valence-electron chi connectivity index (χ4n) is 2.82. The first-order valence-corrected chi connectivity index (χ1v) is 7.30. The number of nitrogens with zero attached hydrogens (tertiary/aromatic N) is 3. The Morgan fingerprint density at radius 1 is 1.40 bits per heavy atom. The van der Waals surface area contributed by atoms with Crippen LogP contribution in [0.2, 0.25) is 0 Å². The summed E-state index contributed by atoms with van der Waals surface area (Å²) in [5.74, 6) is 1.19. The van der Waals surface area contributed by atoms with Gasteiger partial charge in [0, 0.05) is 25.8 Å². The van der Waals surface area contributed by atoms with E-state index in [0.29, 0.717) is 6.04 Å². The van der Waals surface area contributed by atoms with Crippen molar-refractivity contribution in [2.75, 3.05) is 31.6 Å². The highest BCUT2D eigenvalue weighted by Crippen LogP contribution is 2.29. The Morgan fingerprint density at radius 2 is 2.15 bits per heavy atom. The van der Waals surface area contributed by atoms with Crippen molar-refractivity contribution in [1.29, 1.82) is 0 Å². The quantitative estimate of drug-likeness (QED) is 0.676. The Bertz CT molecular complexity index is 493. The molecule has 108 valence electrons. The fraction of sp³-hybridized carbons (Fsp3) is 0.471. The van der Waals surface area contributed by atoms with Gasteiger partial charge in [-0.2, -0.15) is 0 Å². The van der Waals surface area contributed by atoms with E-state index in [-0.39, 0.29) is 0 Å². The highest BCUT2D eigenvalue weighted by Gasteiger charge is 2.30. The summed E-state index contributed by atoms with van der Waals surface area (Å²) in [7, 11) is 2.20. The van der Waals surface area contributed by atoms with Crippen molar-refractivity contribution in [3.05, 3.63) is 48.2 Å². The Labute approximate surface area is 122 Å². The van der Waals surface area contributed by atoms with Gasteiger partial charge in [0.15, 0.2) is 0 Å². The zero-order valence-electron chi connectivity index (χ0n) is 12.8. The van der Waals surface area contributed by atoms with E-state index in [1.807, 2.05) is 19.2 Å². The van der Waals surface area contributed by atoms with E-state index < -0.39 is 0 Å². The maximum Gasteiger partial charge on any atom is 0.132 e. The Balaban J connectivity index is 0.000000452. The second-order valence-electron chi connectivity index (χ2n) is 5.52. The lowest BCUT2D eigenvalue weighted by molar-refractivity contribution is 0.281. The largest absolute Gasteiger partial charge is 0.347 e. The molecule has 0 bridgehead atoms. The van der Waals surface area contributed by atoms with Crippen molar-refractivity contribution < 1.29 is 0 Å². The van der Waals surface area contributed by atoms with Gasteiger partial charge in [-0.1, -0.05) is 23.8 Å². The first-order valence-electron chi connectivity index (χ1n) is 7.30. The predicted octanol–water partition coefficient (Wildman–Crippen LogP) is 2.90. The molecule has 0 saturated carbocycles. The summed E-state index contributed by atoms with van der Waals surface area (Å²) in [4.78, 5) is 9.49. The zero-order valence-corrected chi connectivity index (χ0v) is 12.8. The van der Waals surface area contributed by atoms with Crippen LogP contribution in [0, 0.1) is 0 Å². The molecule has 1 fully saturated rings. The van der Waals surface area contributed by atoms with E-state index in [1.165, 1.54) is 17.0 Å². The molecule has 1 atom stereocenters. The van der Waals surface area contributed by atoms with Crippen molar-refractivity contribution in [2.24, 2.45) is 0 Å². The Morgan fingerprint density at radius 3 is 2.90 bits per heavy atom. The number of anilines is 1. The van der Waals surface area contributed by atoms with E-state index in [1.54, 1.807) is 6.08 Å². The average molecular weight is 271 g/mol. The number of hydrogen-bond acceptors (Lipinski definition) is 3. The number of piperazine rings is 1. The first-order chi connectivity index (χ1) is 9.67. The second kappa shape index (κ2) is 6.71. The second-order valence-corrected chi connectivity index (χ2v) is 5.52. The molecule has 0 N–H and O–H groups in total. The van der Waals surface area contributed by atoms with Crippen molar-refractivity contribution >= 4 is 5.82 Å². The third-order valence-electron chi connectivity index (χ3n) is 3.89. The van der Waals surface area contributed by atoms with Gasteiger partial charge in [-0.05, 0) is 38.9 Å². The smallest absolute Gasteiger partial charge is 0.132 e. The van der Waals surface area contributed by atoms with Gasteiger partial charge >= 0.3 is 0 Å². The summed E-state index contributed by atoms with van der Waals surface area (Å²) >= 11 is 0. The number of fused-ring (bicyclic) bond motifs is 3. The van der Waals surface area contributed by atoms with Crippen molar-refractivity contribution in [3.8, 4) is 0 Å². The summed E-state index contributed by atoms with van der Waals surface area (Å²) in [6, 6.07) is 4.75. The van der Waals surface area contributed by atoms with Crippen LogP contribution in [-0.4, -0.2) is 42.6 Å². The van der Waals surface area contributed by atoms with Crippen LogP contribution >= 0.6 is 0 Å². The lowest BCUT2D eigenvalue weighted by Crippen LogP contribution is -2.52. The predicted molar refractivity (Wildman–Crippen MR) is 86.2 cm³/mol. The number of allylic oxidation sites excluding steroid dienone is 2. The van der Waals surface area contributed by atoms with E-state index >= 15 is 0 Å². The van der Waals surface area contributed by atoms with Crippen LogP contribution in [0.25, 0.3) is 0 Å². The molecule has 1 saturated heterocycles. The minimum Gasteiger partial charge on any atom is -0.347 e. The third kappa shape index (κ3) is 3.10. The molecule has 3 heteroatoms. The normalized spacial score (nSPS) is 21.6. The van der Waals surface area contributed by atoms with Gasteiger partial charge in [0.1, 0.15) is 5.82 Å². The molecule has 0 aromatic carbocycles. The van der Waals surface area contributed by atoms with Crippen molar-refractivity contribution in [3.63, 3.8) is 0 Å². The standard InChI is InChI=1S/C14H19N3.C3H6/c1-11-5-6-12-4-3-7-15-14(12)17-9-8-16(2)10-13(11)17;1-3-2/h3-5,7,13H,6,8-10H2,1-2H3;3H,1H2,2H3. The average Bonchev–Trinajstić information content (AvgIpc) is 2.58. The van der Waals surface area contributed by atoms with Crippen LogP contribution in [0.5, 0.6) is 0 Å². The van der Waals surface area contributed by atoms with Crippen LogP contribution in [0.15, 0.2) is 42.6 Å². The number of rotatable bonds is 0. The van der Waals surface area contributed by atoms with E-state index in [9.17, 15) is 0 Å². The molecule has 3 nitrogen and oxygen atoms in total. The van der Waals surface area contributed by atoms with E-state index in [4.69, 9.17) is 0 Å². The minimum absolute atomic E-state index is 0.505. The molecule has 3 rings (SSSR count). The molecule has 0 amide bonds. The fourth-order valence-corrected chi connectivity index (χ4v) is 2.82. The monoisotopic (exact) mass is 271 g/mol. The molecule has 2 aliphatic heterocycles. The summed E-state index contributed by atoms with van der Waals surface area (Å²) in [6.45, 7) is 10.8. The van der Waals surface area contributed by atoms with Gasteiger partial charge < -0.3 is 9.80 Å². The molecule has 1 aromatic heterocycles. The zero-order chi connectivity index (χ0) is 14.5. The SMILES string of the molecule is C=CC.CC1=CCc2cccnc2N2CCN(C)CC12. The molecule has 0 aliphatic carbocycles. The number of pyridine rings is 1. The van der Waals surface area contributed by atoms with Crippen LogP contribution in [0.4, 0.5) is 5.82 Å². The molecule has 1 unspecified atom stereocenters. The molecule has 2 aliphatic rings. The van der Waals surface area contributed by atoms with Crippen LogP contribution < -0.4 is 4.90 Å². The third-order valence-corrected chi connectivity index (χ3v) is 3.89. The minimum atomic E-state index is 0.505. The van der Waals surface area contributed by atoms with Gasteiger partial charge in [0.25, 0.3) is 0 Å².